The normalized spacial score (nSPS) is 12.1. The molecule has 0 spiro atoms. The average Bonchev–Trinajstić information content (AvgIpc) is 2.39. The molecule has 0 amide bonds. The SMILES string of the molecule is CCOP(=O)(OCC)C(=NC=C(C)C)P(=O)(OCC)OCC. The summed E-state index contributed by atoms with van der Waals surface area (Å²) in [4.78, 5) is 4.07. The highest BCUT2D eigenvalue weighted by Gasteiger charge is 2.47. The van der Waals surface area contributed by atoms with E-state index in [0.717, 1.165) is 5.57 Å². The van der Waals surface area contributed by atoms with Crippen molar-refractivity contribution in [2.45, 2.75) is 41.5 Å². The van der Waals surface area contributed by atoms with Gasteiger partial charge in [-0.25, -0.2) is 4.99 Å². The van der Waals surface area contributed by atoms with Gasteiger partial charge < -0.3 is 18.1 Å². The topological polar surface area (TPSA) is 83.4 Å². The number of aliphatic imine (C=N–C) groups is 1. The van der Waals surface area contributed by atoms with Gasteiger partial charge in [0.25, 0.3) is 0 Å². The first-order chi connectivity index (χ1) is 10.3. The van der Waals surface area contributed by atoms with Gasteiger partial charge in [-0.1, -0.05) is 5.57 Å². The van der Waals surface area contributed by atoms with E-state index >= 15 is 0 Å². The van der Waals surface area contributed by atoms with Gasteiger partial charge in [0.05, 0.1) is 26.4 Å². The largest absolute Gasteiger partial charge is 0.388 e. The van der Waals surface area contributed by atoms with Crippen molar-refractivity contribution in [2.24, 2.45) is 4.99 Å². The zero-order valence-corrected chi connectivity index (χ0v) is 16.0. The van der Waals surface area contributed by atoms with Gasteiger partial charge in [-0.15, -0.1) is 0 Å². The zero-order valence-electron chi connectivity index (χ0n) is 14.2. The highest BCUT2D eigenvalue weighted by molar-refractivity contribution is 7.98. The lowest BCUT2D eigenvalue weighted by Gasteiger charge is -2.24. The molecular formula is C13H27NO6P2. The number of rotatable bonds is 11. The lowest BCUT2D eigenvalue weighted by molar-refractivity contribution is 0.224. The van der Waals surface area contributed by atoms with Crippen molar-refractivity contribution in [3.05, 3.63) is 11.8 Å². The standard InChI is InChI=1S/C13H27NO6P2/c1-7-17-21(15,18-8-2)13(14-11-12(5)6)22(16,19-9-3)20-10-4/h11H,7-10H2,1-6H3. The Morgan fingerprint density at radius 1 is 0.818 bits per heavy atom. The Balaban J connectivity index is 6.10. The summed E-state index contributed by atoms with van der Waals surface area (Å²) in [6.07, 6.45) is 1.44. The molecule has 0 aromatic heterocycles. The molecule has 0 bridgehead atoms. The summed E-state index contributed by atoms with van der Waals surface area (Å²) in [6.45, 7) is 10.7. The summed E-state index contributed by atoms with van der Waals surface area (Å²) >= 11 is 0. The fourth-order valence-electron chi connectivity index (χ4n) is 1.46. The quantitative estimate of drug-likeness (QED) is 0.391. The molecule has 0 aliphatic heterocycles. The van der Waals surface area contributed by atoms with Crippen LogP contribution >= 0.6 is 15.2 Å². The van der Waals surface area contributed by atoms with Gasteiger partial charge in [0.15, 0.2) is 0 Å². The van der Waals surface area contributed by atoms with Crippen LogP contribution in [0.4, 0.5) is 0 Å². The molecule has 0 aliphatic rings. The van der Waals surface area contributed by atoms with Crippen molar-refractivity contribution < 1.29 is 27.2 Å². The van der Waals surface area contributed by atoms with Gasteiger partial charge in [0.2, 0.25) is 5.19 Å². The third-order valence-electron chi connectivity index (χ3n) is 2.12. The van der Waals surface area contributed by atoms with Crippen LogP contribution in [0.1, 0.15) is 41.5 Å². The molecule has 0 atom stereocenters. The van der Waals surface area contributed by atoms with E-state index in [4.69, 9.17) is 18.1 Å². The van der Waals surface area contributed by atoms with Crippen LogP contribution in [0.25, 0.3) is 0 Å². The minimum Gasteiger partial charge on any atom is -0.304 e. The maximum Gasteiger partial charge on any atom is 0.388 e. The first kappa shape index (κ1) is 21.7. The van der Waals surface area contributed by atoms with Crippen LogP contribution in [0.15, 0.2) is 16.8 Å². The van der Waals surface area contributed by atoms with Gasteiger partial charge >= 0.3 is 15.2 Å². The van der Waals surface area contributed by atoms with E-state index in [1.165, 1.54) is 6.20 Å². The maximum atomic E-state index is 13.0. The van der Waals surface area contributed by atoms with Gasteiger partial charge in [-0.05, 0) is 41.5 Å². The van der Waals surface area contributed by atoms with E-state index in [1.807, 2.05) is 0 Å². The first-order valence-electron chi connectivity index (χ1n) is 7.30. The molecule has 0 radical (unpaired) electrons. The van der Waals surface area contributed by atoms with Crippen molar-refractivity contribution in [3.8, 4) is 0 Å². The minimum absolute atomic E-state index is 0.114. The molecule has 9 heteroatoms. The van der Waals surface area contributed by atoms with Gasteiger partial charge in [-0.3, -0.25) is 9.13 Å². The van der Waals surface area contributed by atoms with E-state index in [2.05, 4.69) is 4.99 Å². The molecule has 22 heavy (non-hydrogen) atoms. The Labute approximate surface area is 133 Å². The zero-order chi connectivity index (χ0) is 17.2. The Hall–Kier alpha value is -0.290. The Morgan fingerprint density at radius 3 is 1.36 bits per heavy atom. The molecule has 0 heterocycles. The summed E-state index contributed by atoms with van der Waals surface area (Å²) in [7, 11) is -7.75. The molecule has 0 aromatic rings. The third kappa shape index (κ3) is 6.45. The van der Waals surface area contributed by atoms with Crippen molar-refractivity contribution in [1.82, 2.24) is 0 Å². The monoisotopic (exact) mass is 355 g/mol. The summed E-state index contributed by atoms with van der Waals surface area (Å²) < 4.78 is 46.9. The summed E-state index contributed by atoms with van der Waals surface area (Å²) in [5.74, 6) is 0. The van der Waals surface area contributed by atoms with E-state index in [9.17, 15) is 9.13 Å². The smallest absolute Gasteiger partial charge is 0.304 e. The second-order valence-electron chi connectivity index (χ2n) is 4.30. The molecular weight excluding hydrogens is 328 g/mol. The van der Waals surface area contributed by atoms with Gasteiger partial charge in [-0.2, -0.15) is 0 Å². The highest BCUT2D eigenvalue weighted by Crippen LogP contribution is 2.66. The second-order valence-corrected chi connectivity index (χ2v) is 8.52. The van der Waals surface area contributed by atoms with Crippen LogP contribution in [-0.4, -0.2) is 31.6 Å². The summed E-state index contributed by atoms with van der Waals surface area (Å²) in [5.41, 5.74) is 0.830. The third-order valence-corrected chi connectivity index (χ3v) is 7.20. The molecule has 130 valence electrons. The molecule has 0 saturated carbocycles. The van der Waals surface area contributed by atoms with Crippen LogP contribution < -0.4 is 0 Å². The molecule has 0 aromatic carbocycles. The van der Waals surface area contributed by atoms with E-state index in [0.29, 0.717) is 0 Å². The Kier molecular flexibility index (Phi) is 10.3. The average molecular weight is 355 g/mol. The highest BCUT2D eigenvalue weighted by atomic mass is 31.2. The fraction of sp³-hybridized carbons (Fsp3) is 0.769. The molecule has 0 fully saturated rings. The number of hydrogen-bond donors (Lipinski definition) is 0. The molecule has 0 N–H and O–H groups in total. The Morgan fingerprint density at radius 2 is 1.14 bits per heavy atom. The Bertz CT molecular complexity index is 433. The summed E-state index contributed by atoms with van der Waals surface area (Å²) in [5, 5.41) is -0.311. The van der Waals surface area contributed by atoms with Crippen molar-refractivity contribution >= 4 is 20.4 Å². The van der Waals surface area contributed by atoms with E-state index < -0.39 is 15.2 Å². The van der Waals surface area contributed by atoms with Crippen LogP contribution in [0.2, 0.25) is 0 Å². The lowest BCUT2D eigenvalue weighted by atomic mass is 10.4. The van der Waals surface area contributed by atoms with Crippen molar-refractivity contribution in [1.29, 1.82) is 0 Å². The van der Waals surface area contributed by atoms with Crippen LogP contribution in [0.5, 0.6) is 0 Å². The number of allylic oxidation sites excluding steroid dienone is 1. The van der Waals surface area contributed by atoms with Crippen molar-refractivity contribution in [2.75, 3.05) is 26.4 Å². The predicted octanol–water partition coefficient (Wildman–Crippen LogP) is 4.80. The van der Waals surface area contributed by atoms with Crippen LogP contribution in [0.3, 0.4) is 0 Å². The molecule has 0 rings (SSSR count). The van der Waals surface area contributed by atoms with Crippen molar-refractivity contribution in [3.63, 3.8) is 0 Å². The van der Waals surface area contributed by atoms with Gasteiger partial charge in [0.1, 0.15) is 0 Å². The number of hydrogen-bond acceptors (Lipinski definition) is 7. The van der Waals surface area contributed by atoms with Crippen LogP contribution in [0, 0.1) is 0 Å². The van der Waals surface area contributed by atoms with Gasteiger partial charge in [0, 0.05) is 6.20 Å². The second kappa shape index (κ2) is 10.5. The molecule has 0 saturated heterocycles. The summed E-state index contributed by atoms with van der Waals surface area (Å²) in [6, 6.07) is 0. The fourth-order valence-corrected chi connectivity index (χ4v) is 5.73. The lowest BCUT2D eigenvalue weighted by Crippen LogP contribution is -2.12. The molecule has 0 aliphatic carbocycles. The maximum absolute atomic E-state index is 13.0. The predicted molar refractivity (Wildman–Crippen MR) is 88.6 cm³/mol. The van der Waals surface area contributed by atoms with E-state index in [1.54, 1.807) is 41.5 Å². The van der Waals surface area contributed by atoms with Crippen LogP contribution in [-0.2, 0) is 27.2 Å². The molecule has 0 unspecified atom stereocenters. The van der Waals surface area contributed by atoms with E-state index in [-0.39, 0.29) is 31.6 Å². The molecule has 7 nitrogen and oxygen atoms in total. The number of nitrogens with zero attached hydrogens (tertiary/aromatic N) is 1. The minimum atomic E-state index is -3.87. The first-order valence-corrected chi connectivity index (χ1v) is 10.4.